The molecular weight excluding hydrogens is 278 g/mol. The lowest BCUT2D eigenvalue weighted by Gasteiger charge is -2.36. The summed E-state index contributed by atoms with van der Waals surface area (Å²) in [5.41, 5.74) is 1.27. The van der Waals surface area contributed by atoms with E-state index >= 15 is 0 Å². The van der Waals surface area contributed by atoms with Gasteiger partial charge >= 0.3 is 0 Å². The van der Waals surface area contributed by atoms with Gasteiger partial charge in [0.05, 0.1) is 5.69 Å². The summed E-state index contributed by atoms with van der Waals surface area (Å²) in [7, 11) is 0. The van der Waals surface area contributed by atoms with Gasteiger partial charge in [-0.2, -0.15) is 0 Å². The lowest BCUT2D eigenvalue weighted by atomic mass is 9.75. The van der Waals surface area contributed by atoms with E-state index in [4.69, 9.17) is 4.98 Å². The monoisotopic (exact) mass is 305 g/mol. The summed E-state index contributed by atoms with van der Waals surface area (Å²) >= 11 is 1.73. The van der Waals surface area contributed by atoms with E-state index in [1.54, 1.807) is 11.3 Å². The molecule has 0 aromatic carbocycles. The second-order valence-electron chi connectivity index (χ2n) is 6.44. The zero-order valence-corrected chi connectivity index (χ0v) is 14.0. The van der Waals surface area contributed by atoms with E-state index in [-0.39, 0.29) is 0 Å². The van der Waals surface area contributed by atoms with Gasteiger partial charge in [0.15, 0.2) is 4.96 Å². The Bertz CT molecular complexity index is 531. The Kier molecular flexibility index (Phi) is 4.96. The van der Waals surface area contributed by atoms with Crippen molar-refractivity contribution in [3.63, 3.8) is 0 Å². The highest BCUT2D eigenvalue weighted by molar-refractivity contribution is 7.15. The van der Waals surface area contributed by atoms with E-state index in [1.165, 1.54) is 37.8 Å². The second-order valence-corrected chi connectivity index (χ2v) is 7.31. The zero-order chi connectivity index (χ0) is 14.7. The molecule has 0 aliphatic heterocycles. The third-order valence-electron chi connectivity index (χ3n) is 4.94. The van der Waals surface area contributed by atoms with E-state index in [0.29, 0.717) is 6.04 Å². The molecule has 3 atom stereocenters. The van der Waals surface area contributed by atoms with E-state index in [2.05, 4.69) is 41.3 Å². The number of hydrogen-bond acceptors (Lipinski definition) is 3. The van der Waals surface area contributed by atoms with Gasteiger partial charge in [0.1, 0.15) is 0 Å². The van der Waals surface area contributed by atoms with Crippen LogP contribution < -0.4 is 5.32 Å². The third kappa shape index (κ3) is 3.49. The first-order valence-corrected chi connectivity index (χ1v) is 9.32. The number of aromatic nitrogens is 2. The summed E-state index contributed by atoms with van der Waals surface area (Å²) in [6.45, 7) is 5.74. The van der Waals surface area contributed by atoms with Crippen molar-refractivity contribution in [3.05, 3.63) is 23.5 Å². The van der Waals surface area contributed by atoms with Crippen LogP contribution in [0.5, 0.6) is 0 Å². The topological polar surface area (TPSA) is 29.3 Å². The van der Waals surface area contributed by atoms with Gasteiger partial charge in [-0.15, -0.1) is 11.3 Å². The fourth-order valence-corrected chi connectivity index (χ4v) is 4.42. The lowest BCUT2D eigenvalue weighted by molar-refractivity contribution is 0.197. The minimum Gasteiger partial charge on any atom is -0.314 e. The molecule has 0 amide bonds. The van der Waals surface area contributed by atoms with Gasteiger partial charge < -0.3 is 5.32 Å². The zero-order valence-electron chi connectivity index (χ0n) is 13.2. The van der Waals surface area contributed by atoms with Crippen molar-refractivity contribution in [2.45, 2.75) is 58.4 Å². The number of thiazole rings is 1. The molecule has 1 saturated carbocycles. The minimum atomic E-state index is 0.687. The highest BCUT2D eigenvalue weighted by Gasteiger charge is 2.30. The third-order valence-corrected chi connectivity index (χ3v) is 5.71. The molecule has 2 aromatic heterocycles. The smallest absolute Gasteiger partial charge is 0.193 e. The van der Waals surface area contributed by atoms with Crippen LogP contribution >= 0.6 is 11.3 Å². The maximum absolute atomic E-state index is 4.79. The van der Waals surface area contributed by atoms with Gasteiger partial charge in [-0.05, 0) is 50.5 Å². The van der Waals surface area contributed by atoms with Crippen molar-refractivity contribution in [1.29, 1.82) is 0 Å². The summed E-state index contributed by atoms with van der Waals surface area (Å²) in [5, 5.41) is 5.88. The lowest BCUT2D eigenvalue weighted by Crippen LogP contribution is -2.42. The molecule has 2 aromatic rings. The molecule has 4 heteroatoms. The van der Waals surface area contributed by atoms with Crippen LogP contribution in [0.25, 0.3) is 4.96 Å². The number of hydrogen-bond donors (Lipinski definition) is 1. The fraction of sp³-hybridized carbons (Fsp3) is 0.706. The van der Waals surface area contributed by atoms with Crippen LogP contribution in [0.4, 0.5) is 0 Å². The largest absolute Gasteiger partial charge is 0.314 e. The average Bonchev–Trinajstić information content (AvgIpc) is 3.07. The Morgan fingerprint density at radius 1 is 1.38 bits per heavy atom. The van der Waals surface area contributed by atoms with Gasteiger partial charge in [-0.1, -0.05) is 20.3 Å². The second kappa shape index (κ2) is 6.93. The number of nitrogens with one attached hydrogen (secondary N) is 1. The molecule has 1 aliphatic carbocycles. The SMILES string of the molecule is CCCNC1CCC(CC)CC1Cc1cn2ccsc2n1. The van der Waals surface area contributed by atoms with Crippen molar-refractivity contribution < 1.29 is 0 Å². The molecule has 3 nitrogen and oxygen atoms in total. The predicted molar refractivity (Wildman–Crippen MR) is 90.0 cm³/mol. The average molecular weight is 305 g/mol. The van der Waals surface area contributed by atoms with Crippen LogP contribution in [-0.2, 0) is 6.42 Å². The first kappa shape index (κ1) is 15.0. The minimum absolute atomic E-state index is 0.687. The van der Waals surface area contributed by atoms with Crippen LogP contribution in [0.1, 0.15) is 51.6 Å². The molecule has 3 rings (SSSR count). The van der Waals surface area contributed by atoms with Crippen LogP contribution in [0.3, 0.4) is 0 Å². The highest BCUT2D eigenvalue weighted by atomic mass is 32.1. The van der Waals surface area contributed by atoms with Crippen molar-refractivity contribution in [2.75, 3.05) is 6.54 Å². The molecule has 1 fully saturated rings. The Labute approximate surface area is 131 Å². The number of imidazole rings is 1. The van der Waals surface area contributed by atoms with Crippen molar-refractivity contribution in [3.8, 4) is 0 Å². The molecule has 2 heterocycles. The van der Waals surface area contributed by atoms with Gasteiger partial charge in [0, 0.05) is 23.8 Å². The number of rotatable bonds is 6. The summed E-state index contributed by atoms with van der Waals surface area (Å²) in [5.74, 6) is 1.67. The highest BCUT2D eigenvalue weighted by Crippen LogP contribution is 2.33. The summed E-state index contributed by atoms with van der Waals surface area (Å²) < 4.78 is 2.16. The molecule has 116 valence electrons. The van der Waals surface area contributed by atoms with E-state index < -0.39 is 0 Å². The van der Waals surface area contributed by atoms with Crippen LogP contribution in [0.2, 0.25) is 0 Å². The molecule has 1 aliphatic rings. The number of nitrogens with zero attached hydrogens (tertiary/aromatic N) is 2. The maximum atomic E-state index is 4.79. The van der Waals surface area contributed by atoms with E-state index in [9.17, 15) is 0 Å². The molecular formula is C17H27N3S. The molecule has 0 bridgehead atoms. The molecule has 21 heavy (non-hydrogen) atoms. The Morgan fingerprint density at radius 2 is 2.29 bits per heavy atom. The van der Waals surface area contributed by atoms with Crippen LogP contribution in [0.15, 0.2) is 17.8 Å². The quantitative estimate of drug-likeness (QED) is 0.869. The standard InChI is InChI=1S/C17H27N3S/c1-3-7-18-16-6-5-13(4-2)10-14(16)11-15-12-20-8-9-21-17(20)19-15/h8-9,12-14,16,18H,3-7,10-11H2,1-2H3. The number of fused-ring (bicyclic) bond motifs is 1. The van der Waals surface area contributed by atoms with Gasteiger partial charge in [0.2, 0.25) is 0 Å². The first-order chi connectivity index (χ1) is 10.3. The molecule has 1 N–H and O–H groups in total. The van der Waals surface area contributed by atoms with Crippen molar-refractivity contribution in [1.82, 2.24) is 14.7 Å². The normalized spacial score (nSPS) is 26.5. The van der Waals surface area contributed by atoms with E-state index in [1.807, 2.05) is 0 Å². The van der Waals surface area contributed by atoms with Crippen LogP contribution in [-0.4, -0.2) is 22.0 Å². The van der Waals surface area contributed by atoms with Crippen LogP contribution in [0, 0.1) is 11.8 Å². The molecule has 0 radical (unpaired) electrons. The Hall–Kier alpha value is -0.870. The predicted octanol–water partition coefficient (Wildman–Crippen LogP) is 4.13. The summed E-state index contributed by atoms with van der Waals surface area (Å²) in [6.07, 6.45) is 12.1. The van der Waals surface area contributed by atoms with Gasteiger partial charge in [0.25, 0.3) is 0 Å². The van der Waals surface area contributed by atoms with Gasteiger partial charge in [-0.3, -0.25) is 4.40 Å². The Morgan fingerprint density at radius 3 is 3.05 bits per heavy atom. The fourth-order valence-electron chi connectivity index (χ4n) is 3.70. The summed E-state index contributed by atoms with van der Waals surface area (Å²) in [4.78, 5) is 5.92. The molecule has 0 saturated heterocycles. The van der Waals surface area contributed by atoms with E-state index in [0.717, 1.165) is 29.8 Å². The molecule has 0 spiro atoms. The maximum Gasteiger partial charge on any atom is 0.193 e. The Balaban J connectivity index is 1.69. The first-order valence-electron chi connectivity index (χ1n) is 8.44. The summed E-state index contributed by atoms with van der Waals surface area (Å²) in [6, 6.07) is 0.687. The molecule has 3 unspecified atom stereocenters. The van der Waals surface area contributed by atoms with Gasteiger partial charge in [-0.25, -0.2) is 4.98 Å². The van der Waals surface area contributed by atoms with Crippen molar-refractivity contribution >= 4 is 16.3 Å². The van der Waals surface area contributed by atoms with Crippen molar-refractivity contribution in [2.24, 2.45) is 11.8 Å².